The molecule has 4 atom stereocenters. The monoisotopic (exact) mass is 336 g/mol. The molecule has 0 spiro atoms. The summed E-state index contributed by atoms with van der Waals surface area (Å²) in [5.74, 6) is -5.42. The van der Waals surface area contributed by atoms with E-state index < -0.39 is 47.3 Å². The van der Waals surface area contributed by atoms with E-state index in [1.54, 1.807) is 0 Å². The first-order chi connectivity index (χ1) is 10.4. The van der Waals surface area contributed by atoms with Gasteiger partial charge in [0.05, 0.1) is 0 Å². The van der Waals surface area contributed by atoms with Crippen LogP contribution in [0.2, 0.25) is 0 Å². The van der Waals surface area contributed by atoms with E-state index in [-0.39, 0.29) is 11.1 Å². The fraction of sp³-hybridized carbons (Fsp3) is 0.533. The second kappa shape index (κ2) is 5.36. The summed E-state index contributed by atoms with van der Waals surface area (Å²) in [4.78, 5) is 11.4. The summed E-state index contributed by atoms with van der Waals surface area (Å²) < 4.78 is 58.3. The largest absolute Gasteiger partial charge is 0.507 e. The highest BCUT2D eigenvalue weighted by atomic mass is 19.4. The maximum atomic E-state index is 13.5. The van der Waals surface area contributed by atoms with Crippen LogP contribution in [0.5, 0.6) is 5.75 Å². The summed E-state index contributed by atoms with van der Waals surface area (Å²) in [7, 11) is 0. The van der Waals surface area contributed by atoms with Crippen molar-refractivity contribution >= 4 is 5.97 Å². The molecular weight excluding hydrogens is 320 g/mol. The van der Waals surface area contributed by atoms with Gasteiger partial charge in [-0.1, -0.05) is 13.0 Å². The highest BCUT2D eigenvalue weighted by molar-refractivity contribution is 5.75. The van der Waals surface area contributed by atoms with Crippen LogP contribution in [0.4, 0.5) is 17.6 Å². The van der Waals surface area contributed by atoms with Crippen molar-refractivity contribution in [2.45, 2.75) is 44.6 Å². The Kier molecular flexibility index (Phi) is 4.09. The van der Waals surface area contributed by atoms with Gasteiger partial charge in [0.15, 0.2) is 11.7 Å². The molecule has 0 radical (unpaired) electrons. The van der Waals surface area contributed by atoms with Crippen LogP contribution in [-0.4, -0.2) is 34.1 Å². The number of alkyl halides is 3. The Morgan fingerprint density at radius 3 is 2.39 bits per heavy atom. The summed E-state index contributed by atoms with van der Waals surface area (Å²) in [5, 5.41) is 19.3. The highest BCUT2D eigenvalue weighted by Gasteiger charge is 2.65. The molecule has 1 heterocycles. The highest BCUT2D eigenvalue weighted by Crippen LogP contribution is 2.54. The molecule has 1 fully saturated rings. The Bertz CT molecular complexity index is 643. The fourth-order valence-electron chi connectivity index (χ4n) is 2.98. The van der Waals surface area contributed by atoms with Crippen LogP contribution in [0.3, 0.4) is 0 Å². The predicted octanol–water partition coefficient (Wildman–Crippen LogP) is 3.36. The van der Waals surface area contributed by atoms with Gasteiger partial charge in [-0.3, -0.25) is 0 Å². The standard InChI is InChI=1S/C15H16F4O4/c1-6-9(16)5-4-8(11(6)20)10-7(2)14(3,15(17,18)19)23-12(10)13(21)22/h4-5,7,10,12,20H,1-3H3,(H,21,22)/t7?,10?,12-,14?/m1/s1. The van der Waals surface area contributed by atoms with Crippen molar-refractivity contribution in [3.63, 3.8) is 0 Å². The molecule has 1 aromatic carbocycles. The Hall–Kier alpha value is -1.83. The number of aromatic hydroxyl groups is 1. The summed E-state index contributed by atoms with van der Waals surface area (Å²) in [6, 6.07) is 2.08. The van der Waals surface area contributed by atoms with Gasteiger partial charge in [0.25, 0.3) is 0 Å². The summed E-state index contributed by atoms with van der Waals surface area (Å²) in [5.41, 5.74) is -2.91. The molecule has 2 rings (SSSR count). The van der Waals surface area contributed by atoms with Gasteiger partial charge < -0.3 is 14.9 Å². The van der Waals surface area contributed by atoms with E-state index >= 15 is 0 Å². The van der Waals surface area contributed by atoms with E-state index in [1.165, 1.54) is 13.8 Å². The van der Waals surface area contributed by atoms with Gasteiger partial charge in [0.2, 0.25) is 0 Å². The first-order valence-corrected chi connectivity index (χ1v) is 6.87. The average molecular weight is 336 g/mol. The average Bonchev–Trinajstić information content (AvgIpc) is 2.71. The van der Waals surface area contributed by atoms with E-state index in [4.69, 9.17) is 4.74 Å². The lowest BCUT2D eigenvalue weighted by Gasteiger charge is -2.31. The number of hydrogen-bond acceptors (Lipinski definition) is 3. The molecule has 128 valence electrons. The van der Waals surface area contributed by atoms with Crippen molar-refractivity contribution in [2.24, 2.45) is 5.92 Å². The zero-order chi connectivity index (χ0) is 17.7. The molecule has 0 saturated carbocycles. The molecule has 1 aliphatic rings. The maximum Gasteiger partial charge on any atom is 0.417 e. The van der Waals surface area contributed by atoms with Gasteiger partial charge in [0, 0.05) is 23.0 Å². The zero-order valence-corrected chi connectivity index (χ0v) is 12.6. The van der Waals surface area contributed by atoms with Crippen LogP contribution in [0.25, 0.3) is 0 Å². The molecule has 8 heteroatoms. The van der Waals surface area contributed by atoms with E-state index in [2.05, 4.69) is 0 Å². The van der Waals surface area contributed by atoms with Gasteiger partial charge in [-0.25, -0.2) is 9.18 Å². The van der Waals surface area contributed by atoms with Crippen LogP contribution < -0.4 is 0 Å². The van der Waals surface area contributed by atoms with E-state index in [0.717, 1.165) is 19.1 Å². The topological polar surface area (TPSA) is 66.8 Å². The smallest absolute Gasteiger partial charge is 0.417 e. The molecular formula is C15H16F4O4. The lowest BCUT2D eigenvalue weighted by atomic mass is 9.76. The van der Waals surface area contributed by atoms with Crippen molar-refractivity contribution in [3.05, 3.63) is 29.1 Å². The SMILES string of the molecule is Cc1c(F)ccc(C2C(C)C(C)(C(F)(F)F)O[C@H]2C(=O)O)c1O. The van der Waals surface area contributed by atoms with E-state index in [0.29, 0.717) is 0 Å². The van der Waals surface area contributed by atoms with Crippen LogP contribution >= 0.6 is 0 Å². The Labute approximate surface area is 129 Å². The molecule has 1 saturated heterocycles. The van der Waals surface area contributed by atoms with E-state index in [9.17, 15) is 32.6 Å². The van der Waals surface area contributed by atoms with Gasteiger partial charge >= 0.3 is 12.1 Å². The third kappa shape index (κ3) is 2.54. The third-order valence-corrected chi connectivity index (χ3v) is 4.67. The number of carbonyl (C=O) groups is 1. The Morgan fingerprint density at radius 1 is 1.35 bits per heavy atom. The Balaban J connectivity index is 2.60. The minimum absolute atomic E-state index is 0.0724. The van der Waals surface area contributed by atoms with Gasteiger partial charge in [-0.15, -0.1) is 0 Å². The number of carboxylic acid groups (broad SMARTS) is 1. The number of ether oxygens (including phenoxy) is 1. The minimum atomic E-state index is -4.79. The fourth-order valence-corrected chi connectivity index (χ4v) is 2.98. The maximum absolute atomic E-state index is 13.5. The number of phenolic OH excluding ortho intramolecular Hbond substituents is 1. The van der Waals surface area contributed by atoms with Crippen molar-refractivity contribution in [1.82, 2.24) is 0 Å². The molecule has 0 amide bonds. The molecule has 1 aromatic rings. The number of rotatable bonds is 2. The van der Waals surface area contributed by atoms with Gasteiger partial charge in [-0.05, 0) is 19.9 Å². The molecule has 4 nitrogen and oxygen atoms in total. The van der Waals surface area contributed by atoms with Gasteiger partial charge in [-0.2, -0.15) is 13.2 Å². The van der Waals surface area contributed by atoms with Crippen molar-refractivity contribution in [1.29, 1.82) is 0 Å². The van der Waals surface area contributed by atoms with Gasteiger partial charge in [0.1, 0.15) is 11.6 Å². The summed E-state index contributed by atoms with van der Waals surface area (Å²) >= 11 is 0. The number of halogens is 4. The number of phenols is 1. The minimum Gasteiger partial charge on any atom is -0.507 e. The lowest BCUT2D eigenvalue weighted by molar-refractivity contribution is -0.273. The molecule has 3 unspecified atom stereocenters. The molecule has 0 bridgehead atoms. The molecule has 2 N–H and O–H groups in total. The normalized spacial score (nSPS) is 31.3. The van der Waals surface area contributed by atoms with Crippen molar-refractivity contribution in [2.75, 3.05) is 0 Å². The van der Waals surface area contributed by atoms with Crippen molar-refractivity contribution < 1.29 is 37.3 Å². The summed E-state index contributed by atoms with van der Waals surface area (Å²) in [6.45, 7) is 3.24. The lowest BCUT2D eigenvalue weighted by Crippen LogP contribution is -2.47. The second-order valence-electron chi connectivity index (χ2n) is 5.91. The second-order valence-corrected chi connectivity index (χ2v) is 5.91. The number of carboxylic acids is 1. The zero-order valence-electron chi connectivity index (χ0n) is 12.6. The van der Waals surface area contributed by atoms with Crippen molar-refractivity contribution in [3.8, 4) is 5.75 Å². The summed E-state index contributed by atoms with van der Waals surface area (Å²) in [6.07, 6.45) is -6.59. The molecule has 0 aliphatic carbocycles. The molecule has 23 heavy (non-hydrogen) atoms. The van der Waals surface area contributed by atoms with Crippen LogP contribution in [0.1, 0.15) is 30.9 Å². The number of aliphatic carboxylic acids is 1. The molecule has 0 aromatic heterocycles. The van der Waals surface area contributed by atoms with E-state index in [1.807, 2.05) is 0 Å². The Morgan fingerprint density at radius 2 is 1.91 bits per heavy atom. The molecule has 1 aliphatic heterocycles. The number of hydrogen-bond donors (Lipinski definition) is 2. The van der Waals surface area contributed by atoms with Crippen LogP contribution in [-0.2, 0) is 9.53 Å². The predicted molar refractivity (Wildman–Crippen MR) is 71.7 cm³/mol. The van der Waals surface area contributed by atoms with Crippen LogP contribution in [0.15, 0.2) is 12.1 Å². The third-order valence-electron chi connectivity index (χ3n) is 4.67. The number of benzene rings is 1. The van der Waals surface area contributed by atoms with Crippen LogP contribution in [0, 0.1) is 18.7 Å². The quantitative estimate of drug-likeness (QED) is 0.813. The first kappa shape index (κ1) is 17.5. The first-order valence-electron chi connectivity index (χ1n) is 6.87.